The second-order valence-corrected chi connectivity index (χ2v) is 8.97. The summed E-state index contributed by atoms with van der Waals surface area (Å²) in [7, 11) is 0. The highest BCUT2D eigenvalue weighted by Gasteiger charge is 2.60. The molecule has 0 aromatic carbocycles. The summed E-state index contributed by atoms with van der Waals surface area (Å²) in [6.07, 6.45) is 8.68. The van der Waals surface area contributed by atoms with Gasteiger partial charge in [0.2, 0.25) is 11.9 Å². The number of aromatic nitrogens is 2. The Kier molecular flexibility index (Phi) is 4.97. The van der Waals surface area contributed by atoms with E-state index in [1.54, 1.807) is 17.3 Å². The molecule has 7 heteroatoms. The molecule has 4 fully saturated rings. The Morgan fingerprint density at radius 3 is 2.46 bits per heavy atom. The van der Waals surface area contributed by atoms with E-state index in [0.29, 0.717) is 18.4 Å². The molecule has 2 bridgehead atoms. The lowest BCUT2D eigenvalue weighted by Crippen LogP contribution is -2.47. The molecular formula is C21H31N5O2. The van der Waals surface area contributed by atoms with Crippen molar-refractivity contribution in [2.75, 3.05) is 44.2 Å². The fourth-order valence-electron chi connectivity index (χ4n) is 6.15. The van der Waals surface area contributed by atoms with Crippen molar-refractivity contribution < 1.29 is 9.90 Å². The van der Waals surface area contributed by atoms with Gasteiger partial charge < -0.3 is 14.9 Å². The lowest BCUT2D eigenvalue weighted by molar-refractivity contribution is -0.136. The third kappa shape index (κ3) is 3.18. The van der Waals surface area contributed by atoms with Crippen LogP contribution in [0.2, 0.25) is 0 Å². The number of rotatable bonds is 6. The first-order valence-corrected chi connectivity index (χ1v) is 11.0. The van der Waals surface area contributed by atoms with Crippen molar-refractivity contribution in [3.63, 3.8) is 0 Å². The Morgan fingerprint density at radius 2 is 1.71 bits per heavy atom. The summed E-state index contributed by atoms with van der Waals surface area (Å²) in [5, 5.41) is 10.7. The minimum atomic E-state index is -0.526. The fraction of sp³-hybridized carbons (Fsp3) is 0.762. The van der Waals surface area contributed by atoms with Crippen LogP contribution in [0.25, 0.3) is 0 Å². The molecule has 2 aliphatic carbocycles. The second-order valence-electron chi connectivity index (χ2n) is 8.97. The Hall–Kier alpha value is -1.73. The summed E-state index contributed by atoms with van der Waals surface area (Å²) >= 11 is 0. The van der Waals surface area contributed by atoms with Crippen LogP contribution < -0.4 is 4.90 Å². The molecule has 1 amide bonds. The highest BCUT2D eigenvalue weighted by Crippen LogP contribution is 2.57. The van der Waals surface area contributed by atoms with E-state index >= 15 is 0 Å². The van der Waals surface area contributed by atoms with E-state index in [4.69, 9.17) is 0 Å². The maximum Gasteiger partial charge on any atom is 0.228 e. The van der Waals surface area contributed by atoms with Crippen LogP contribution in [0.4, 0.5) is 5.95 Å². The van der Waals surface area contributed by atoms with Crippen LogP contribution >= 0.6 is 0 Å². The molecule has 0 radical (unpaired) electrons. The molecule has 3 heterocycles. The van der Waals surface area contributed by atoms with Gasteiger partial charge in [-0.1, -0.05) is 0 Å². The average Bonchev–Trinajstić information content (AvgIpc) is 3.41. The standard InChI is InChI=1S/C21H31N5O2/c27-19-17-15-4-5-16(14-15)18(17)20(28)26(19)9-2-1-8-24-10-12-25(13-11-24)21-22-6-3-7-23-21/h3,6-7,15-19,27H,1-2,4-5,8-14H2/t15-,16+,17-,18+,19?/m1/s1. The Labute approximate surface area is 166 Å². The maximum atomic E-state index is 12.8. The summed E-state index contributed by atoms with van der Waals surface area (Å²) in [4.78, 5) is 28.0. The SMILES string of the molecule is O=C1[C@H]2[C@H]3CC[C@H](C3)[C@H]2C(O)N1CCCCN1CCN(c2ncccn2)CC1. The molecule has 7 nitrogen and oxygen atoms in total. The normalized spacial score (nSPS) is 35.0. The number of unbranched alkanes of at least 4 members (excludes halogenated alkanes) is 1. The van der Waals surface area contributed by atoms with Crippen LogP contribution in [0, 0.1) is 23.7 Å². The third-order valence-electron chi connectivity index (χ3n) is 7.54. The quantitative estimate of drug-likeness (QED) is 0.742. The Morgan fingerprint density at radius 1 is 1.00 bits per heavy atom. The number of aliphatic hydroxyl groups is 1. The molecule has 2 aliphatic heterocycles. The lowest BCUT2D eigenvalue weighted by Gasteiger charge is -2.34. The number of amides is 1. The van der Waals surface area contributed by atoms with Gasteiger partial charge in [-0.25, -0.2) is 9.97 Å². The molecule has 5 rings (SSSR count). The molecular weight excluding hydrogens is 354 g/mol. The number of piperazine rings is 1. The van der Waals surface area contributed by atoms with Crippen LogP contribution in [0.1, 0.15) is 32.1 Å². The largest absolute Gasteiger partial charge is 0.373 e. The van der Waals surface area contributed by atoms with Crippen LogP contribution in [-0.2, 0) is 4.79 Å². The number of carbonyl (C=O) groups is 1. The van der Waals surface area contributed by atoms with E-state index in [9.17, 15) is 9.90 Å². The second kappa shape index (κ2) is 7.59. The molecule has 2 saturated heterocycles. The molecule has 2 saturated carbocycles. The number of hydrogen-bond donors (Lipinski definition) is 1. The number of carbonyl (C=O) groups excluding carboxylic acids is 1. The average molecular weight is 386 g/mol. The molecule has 1 N–H and O–H groups in total. The van der Waals surface area contributed by atoms with E-state index in [0.717, 1.165) is 51.5 Å². The minimum absolute atomic E-state index is 0.127. The number of likely N-dealkylation sites (tertiary alicyclic amines) is 1. The van der Waals surface area contributed by atoms with Gasteiger partial charge in [0.25, 0.3) is 0 Å². The number of aliphatic hydroxyl groups excluding tert-OH is 1. The molecule has 1 aromatic rings. The predicted octanol–water partition coefficient (Wildman–Crippen LogP) is 1.20. The smallest absolute Gasteiger partial charge is 0.228 e. The lowest BCUT2D eigenvalue weighted by atomic mass is 9.81. The number of hydrogen-bond acceptors (Lipinski definition) is 6. The predicted molar refractivity (Wildman–Crippen MR) is 105 cm³/mol. The van der Waals surface area contributed by atoms with Crippen molar-refractivity contribution in [2.24, 2.45) is 23.7 Å². The highest BCUT2D eigenvalue weighted by molar-refractivity contribution is 5.82. The van der Waals surface area contributed by atoms with E-state index in [1.807, 2.05) is 6.07 Å². The van der Waals surface area contributed by atoms with E-state index in [2.05, 4.69) is 19.8 Å². The van der Waals surface area contributed by atoms with E-state index < -0.39 is 6.23 Å². The van der Waals surface area contributed by atoms with Gasteiger partial charge in [0.05, 0.1) is 0 Å². The Bertz CT molecular complexity index is 693. The molecule has 4 aliphatic rings. The van der Waals surface area contributed by atoms with Gasteiger partial charge in [-0.05, 0) is 56.6 Å². The first-order valence-electron chi connectivity index (χ1n) is 11.0. The molecule has 1 unspecified atom stereocenters. The zero-order valence-corrected chi connectivity index (χ0v) is 16.5. The number of anilines is 1. The highest BCUT2D eigenvalue weighted by atomic mass is 16.3. The van der Waals surface area contributed by atoms with Gasteiger partial charge >= 0.3 is 0 Å². The Balaban J connectivity index is 1.04. The summed E-state index contributed by atoms with van der Waals surface area (Å²) in [5.41, 5.74) is 0. The molecule has 1 aromatic heterocycles. The summed E-state index contributed by atoms with van der Waals surface area (Å²) in [6.45, 7) is 5.73. The van der Waals surface area contributed by atoms with Crippen molar-refractivity contribution in [3.8, 4) is 0 Å². The van der Waals surface area contributed by atoms with Gasteiger partial charge in [-0.15, -0.1) is 0 Å². The maximum absolute atomic E-state index is 12.8. The fourth-order valence-corrected chi connectivity index (χ4v) is 6.15. The van der Waals surface area contributed by atoms with Crippen LogP contribution in [0.3, 0.4) is 0 Å². The zero-order chi connectivity index (χ0) is 19.1. The first kappa shape index (κ1) is 18.3. The monoisotopic (exact) mass is 385 g/mol. The number of nitrogens with zero attached hydrogens (tertiary/aromatic N) is 5. The van der Waals surface area contributed by atoms with Crippen LogP contribution in [0.5, 0.6) is 0 Å². The van der Waals surface area contributed by atoms with Gasteiger partial charge in [0, 0.05) is 57.0 Å². The minimum Gasteiger partial charge on any atom is -0.373 e. The summed E-state index contributed by atoms with van der Waals surface area (Å²) in [6, 6.07) is 1.85. The third-order valence-corrected chi connectivity index (χ3v) is 7.54. The van der Waals surface area contributed by atoms with Crippen molar-refractivity contribution >= 4 is 11.9 Å². The molecule has 5 atom stereocenters. The molecule has 28 heavy (non-hydrogen) atoms. The number of fused-ring (bicyclic) bond motifs is 5. The summed E-state index contributed by atoms with van der Waals surface area (Å²) < 4.78 is 0. The molecule has 152 valence electrons. The first-order chi connectivity index (χ1) is 13.7. The van der Waals surface area contributed by atoms with Crippen LogP contribution in [-0.4, -0.2) is 76.3 Å². The van der Waals surface area contributed by atoms with Crippen molar-refractivity contribution in [1.82, 2.24) is 19.8 Å². The van der Waals surface area contributed by atoms with Crippen molar-refractivity contribution in [2.45, 2.75) is 38.3 Å². The van der Waals surface area contributed by atoms with Gasteiger partial charge in [0.1, 0.15) is 6.23 Å². The van der Waals surface area contributed by atoms with Crippen molar-refractivity contribution in [3.05, 3.63) is 18.5 Å². The topological polar surface area (TPSA) is 72.8 Å². The van der Waals surface area contributed by atoms with E-state index in [-0.39, 0.29) is 17.7 Å². The van der Waals surface area contributed by atoms with Gasteiger partial charge in [-0.2, -0.15) is 0 Å². The summed E-state index contributed by atoms with van der Waals surface area (Å²) in [5.74, 6) is 2.54. The van der Waals surface area contributed by atoms with Gasteiger partial charge in [-0.3, -0.25) is 9.69 Å². The molecule has 0 spiro atoms. The zero-order valence-electron chi connectivity index (χ0n) is 16.5. The van der Waals surface area contributed by atoms with E-state index in [1.165, 1.54) is 19.3 Å². The van der Waals surface area contributed by atoms with Crippen molar-refractivity contribution in [1.29, 1.82) is 0 Å². The van der Waals surface area contributed by atoms with Gasteiger partial charge in [0.15, 0.2) is 0 Å². The van der Waals surface area contributed by atoms with Crippen LogP contribution in [0.15, 0.2) is 18.5 Å².